The van der Waals surface area contributed by atoms with Crippen LogP contribution in [0.25, 0.3) is 11.0 Å². The lowest BCUT2D eigenvalue weighted by Crippen LogP contribution is -2.26. The normalized spacial score (nSPS) is 30.8. The number of aromatic amines is 1. The Hall–Kier alpha value is -1.06. The van der Waals surface area contributed by atoms with Gasteiger partial charge in [0.25, 0.3) is 0 Å². The molecule has 4 heteroatoms. The number of H-pyrrole nitrogens is 1. The number of hydrogen-bond donors (Lipinski definition) is 2. The Labute approximate surface area is 105 Å². The summed E-state index contributed by atoms with van der Waals surface area (Å²) in [5.74, 6) is 1.87. The smallest absolute Gasteiger partial charge is 0.127 e. The van der Waals surface area contributed by atoms with E-state index in [4.69, 9.17) is 16.6 Å². The summed E-state index contributed by atoms with van der Waals surface area (Å²) >= 11 is 6.13. The maximum atomic E-state index is 6.13. The molecular weight excluding hydrogens is 234 g/mol. The van der Waals surface area contributed by atoms with E-state index < -0.39 is 0 Å². The van der Waals surface area contributed by atoms with Gasteiger partial charge in [0.15, 0.2) is 0 Å². The third kappa shape index (κ3) is 1.19. The number of nitrogens with zero attached hydrogens (tertiary/aromatic N) is 1. The summed E-state index contributed by atoms with van der Waals surface area (Å²) in [6.07, 6.45) is 2.50. The molecule has 2 N–H and O–H groups in total. The van der Waals surface area contributed by atoms with E-state index >= 15 is 0 Å². The molecule has 2 fully saturated rings. The van der Waals surface area contributed by atoms with Crippen molar-refractivity contribution in [1.29, 1.82) is 0 Å². The molecule has 1 aliphatic carbocycles. The Morgan fingerprint density at radius 3 is 3.06 bits per heavy atom. The van der Waals surface area contributed by atoms with Gasteiger partial charge in [-0.2, -0.15) is 0 Å². The number of hydrogen-bond acceptors (Lipinski definition) is 2. The second kappa shape index (κ2) is 3.03. The van der Waals surface area contributed by atoms with E-state index in [1.165, 1.54) is 12.8 Å². The summed E-state index contributed by atoms with van der Waals surface area (Å²) < 4.78 is 0. The number of aryl methyl sites for hydroxylation is 1. The minimum absolute atomic E-state index is 0.151. The molecule has 0 radical (unpaired) electrons. The zero-order valence-corrected chi connectivity index (χ0v) is 10.4. The summed E-state index contributed by atoms with van der Waals surface area (Å²) in [7, 11) is 0. The van der Waals surface area contributed by atoms with Gasteiger partial charge in [-0.05, 0) is 49.9 Å². The molecule has 88 valence electrons. The first kappa shape index (κ1) is 9.92. The molecule has 1 saturated heterocycles. The summed E-state index contributed by atoms with van der Waals surface area (Å²) in [6, 6.07) is 3.95. The van der Waals surface area contributed by atoms with Crippen LogP contribution in [0.2, 0.25) is 5.02 Å². The highest BCUT2D eigenvalue weighted by molar-refractivity contribution is 6.32. The van der Waals surface area contributed by atoms with Crippen molar-refractivity contribution in [3.05, 3.63) is 28.5 Å². The maximum absolute atomic E-state index is 6.13. The molecule has 3 nitrogen and oxygen atoms in total. The van der Waals surface area contributed by atoms with Crippen LogP contribution in [0.15, 0.2) is 12.1 Å². The van der Waals surface area contributed by atoms with Crippen molar-refractivity contribution < 1.29 is 0 Å². The monoisotopic (exact) mass is 247 g/mol. The third-order valence-corrected chi connectivity index (χ3v) is 4.71. The van der Waals surface area contributed by atoms with E-state index in [9.17, 15) is 0 Å². The number of benzene rings is 1. The third-order valence-electron chi connectivity index (χ3n) is 4.30. The number of rotatable bonds is 1. The fourth-order valence-corrected chi connectivity index (χ4v) is 3.29. The first-order valence-electron chi connectivity index (χ1n) is 6.11. The molecule has 4 rings (SSSR count). The van der Waals surface area contributed by atoms with E-state index in [1.54, 1.807) is 0 Å². The fraction of sp³-hybridized carbons (Fsp3) is 0.462. The lowest BCUT2D eigenvalue weighted by Gasteiger charge is -2.08. The van der Waals surface area contributed by atoms with Gasteiger partial charge in [0, 0.05) is 5.02 Å². The van der Waals surface area contributed by atoms with Crippen LogP contribution in [-0.4, -0.2) is 16.5 Å². The minimum Gasteiger partial charge on any atom is -0.340 e. The van der Waals surface area contributed by atoms with Gasteiger partial charge in [-0.3, -0.25) is 0 Å². The minimum atomic E-state index is 0.151. The lowest BCUT2D eigenvalue weighted by molar-refractivity contribution is 0.551. The molecule has 0 amide bonds. The van der Waals surface area contributed by atoms with Crippen molar-refractivity contribution in [1.82, 2.24) is 15.3 Å². The molecule has 17 heavy (non-hydrogen) atoms. The highest BCUT2D eigenvalue weighted by atomic mass is 35.5. The van der Waals surface area contributed by atoms with Crippen molar-refractivity contribution in [2.24, 2.45) is 5.92 Å². The van der Waals surface area contributed by atoms with Crippen LogP contribution in [0.1, 0.15) is 24.2 Å². The van der Waals surface area contributed by atoms with Gasteiger partial charge < -0.3 is 10.3 Å². The number of piperidine rings is 1. The fourth-order valence-electron chi connectivity index (χ4n) is 3.14. The zero-order chi connectivity index (χ0) is 11.6. The van der Waals surface area contributed by atoms with Gasteiger partial charge in [0.1, 0.15) is 5.82 Å². The van der Waals surface area contributed by atoms with Crippen LogP contribution in [0.3, 0.4) is 0 Å². The molecule has 1 aromatic carbocycles. The maximum Gasteiger partial charge on any atom is 0.127 e. The first-order valence-corrected chi connectivity index (χ1v) is 6.49. The molecule has 0 bridgehead atoms. The number of fused-ring (bicyclic) bond motifs is 2. The van der Waals surface area contributed by atoms with Gasteiger partial charge in [-0.1, -0.05) is 11.6 Å². The van der Waals surface area contributed by atoms with Crippen LogP contribution < -0.4 is 5.32 Å². The molecule has 0 unspecified atom stereocenters. The van der Waals surface area contributed by atoms with Crippen LogP contribution in [0.4, 0.5) is 0 Å². The zero-order valence-electron chi connectivity index (χ0n) is 9.68. The molecule has 0 spiro atoms. The lowest BCUT2D eigenvalue weighted by atomic mass is 10.2. The second-order valence-corrected chi connectivity index (χ2v) is 5.65. The topological polar surface area (TPSA) is 40.7 Å². The molecule has 2 aliphatic rings. The summed E-state index contributed by atoms with van der Waals surface area (Å²) in [5.41, 5.74) is 3.33. The standard InChI is InChI=1S/C13H14ClN3/c1-7-9(14)2-3-10-11(7)17-12(16-10)13-6-8(13)4-5-15-13/h2-3,8,15H,4-6H2,1H3,(H,16,17)/t8-,13+/m1/s1. The van der Waals surface area contributed by atoms with Crippen molar-refractivity contribution >= 4 is 22.6 Å². The van der Waals surface area contributed by atoms with Crippen LogP contribution in [0.5, 0.6) is 0 Å². The number of aromatic nitrogens is 2. The number of halogens is 1. The Morgan fingerprint density at radius 1 is 1.47 bits per heavy atom. The predicted octanol–water partition coefficient (Wildman–Crippen LogP) is 2.73. The van der Waals surface area contributed by atoms with Crippen LogP contribution in [0, 0.1) is 12.8 Å². The van der Waals surface area contributed by atoms with Gasteiger partial charge >= 0.3 is 0 Å². The highest BCUT2D eigenvalue weighted by Crippen LogP contribution is 2.56. The van der Waals surface area contributed by atoms with Crippen LogP contribution in [-0.2, 0) is 5.54 Å². The number of imidazole rings is 1. The Bertz CT molecular complexity index is 618. The SMILES string of the molecule is Cc1c(Cl)ccc2[nH]c([C@]34C[C@H]3CCN4)nc12. The van der Waals surface area contributed by atoms with E-state index in [1.807, 2.05) is 19.1 Å². The van der Waals surface area contributed by atoms with Gasteiger partial charge in [0.05, 0.1) is 16.6 Å². The molecule has 1 saturated carbocycles. The van der Waals surface area contributed by atoms with Gasteiger partial charge in [-0.15, -0.1) is 0 Å². The second-order valence-electron chi connectivity index (χ2n) is 5.24. The number of nitrogens with one attached hydrogen (secondary N) is 2. The molecule has 2 heterocycles. The van der Waals surface area contributed by atoms with Crippen LogP contribution >= 0.6 is 11.6 Å². The Kier molecular flexibility index (Phi) is 1.77. The van der Waals surface area contributed by atoms with Crippen molar-refractivity contribution in [2.45, 2.75) is 25.3 Å². The van der Waals surface area contributed by atoms with E-state index in [0.717, 1.165) is 39.9 Å². The quantitative estimate of drug-likeness (QED) is 0.814. The van der Waals surface area contributed by atoms with Crippen molar-refractivity contribution in [3.63, 3.8) is 0 Å². The van der Waals surface area contributed by atoms with Crippen molar-refractivity contribution in [3.8, 4) is 0 Å². The molecule has 1 aromatic heterocycles. The largest absolute Gasteiger partial charge is 0.340 e. The van der Waals surface area contributed by atoms with Gasteiger partial charge in [-0.25, -0.2) is 4.98 Å². The molecule has 2 aromatic rings. The van der Waals surface area contributed by atoms with E-state index in [-0.39, 0.29) is 5.54 Å². The summed E-state index contributed by atoms with van der Waals surface area (Å²) in [6.45, 7) is 3.14. The van der Waals surface area contributed by atoms with E-state index in [0.29, 0.717) is 0 Å². The van der Waals surface area contributed by atoms with Crippen molar-refractivity contribution in [2.75, 3.05) is 6.54 Å². The summed E-state index contributed by atoms with van der Waals surface area (Å²) in [4.78, 5) is 8.22. The Balaban J connectivity index is 1.91. The highest BCUT2D eigenvalue weighted by Gasteiger charge is 2.60. The van der Waals surface area contributed by atoms with Gasteiger partial charge in [0.2, 0.25) is 0 Å². The average molecular weight is 248 g/mol. The predicted molar refractivity (Wildman–Crippen MR) is 68.2 cm³/mol. The Morgan fingerprint density at radius 2 is 2.35 bits per heavy atom. The molecule has 1 aliphatic heterocycles. The molecular formula is C13H14ClN3. The summed E-state index contributed by atoms with van der Waals surface area (Å²) in [5, 5.41) is 4.38. The average Bonchev–Trinajstić information content (AvgIpc) is 2.75. The van der Waals surface area contributed by atoms with E-state index in [2.05, 4.69) is 10.3 Å². The molecule has 2 atom stereocenters. The first-order chi connectivity index (χ1) is 8.21.